The minimum atomic E-state index is -1.69. The van der Waals surface area contributed by atoms with Gasteiger partial charge in [-0.3, -0.25) is 19.9 Å². The summed E-state index contributed by atoms with van der Waals surface area (Å²) in [5, 5.41) is 32.5. The fourth-order valence-corrected chi connectivity index (χ4v) is 9.98. The zero-order chi connectivity index (χ0) is 49.0. The third kappa shape index (κ3) is 11.9. The Labute approximate surface area is 392 Å². The molecule has 3 fully saturated rings. The van der Waals surface area contributed by atoms with E-state index in [0.29, 0.717) is 18.7 Å². The third-order valence-electron chi connectivity index (χ3n) is 13.6. The smallest absolute Gasteiger partial charge is 0.458 e. The van der Waals surface area contributed by atoms with E-state index < -0.39 is 90.0 Å². The molecule has 14 atom stereocenters. The number of amides is 2. The molecule has 3 saturated heterocycles. The van der Waals surface area contributed by atoms with Gasteiger partial charge in [-0.15, -0.1) is 5.10 Å². The Bertz CT molecular complexity index is 2160. The van der Waals surface area contributed by atoms with Gasteiger partial charge in [0.25, 0.3) is 5.91 Å². The molecule has 3 aliphatic heterocycles. The fourth-order valence-electron chi connectivity index (χ4n) is 9.98. The minimum Gasteiger partial charge on any atom is -0.458 e. The number of hydrogen-bond donors (Lipinski definition) is 4. The summed E-state index contributed by atoms with van der Waals surface area (Å²) in [5.74, 6) is -3.92. The van der Waals surface area contributed by atoms with Crippen molar-refractivity contribution >= 4 is 24.1 Å². The van der Waals surface area contributed by atoms with Crippen molar-refractivity contribution in [3.63, 3.8) is 0 Å². The van der Waals surface area contributed by atoms with Gasteiger partial charge in [-0.2, -0.15) is 0 Å². The highest BCUT2D eigenvalue weighted by Crippen LogP contribution is 2.40. The molecule has 0 spiro atoms. The van der Waals surface area contributed by atoms with Crippen molar-refractivity contribution < 1.29 is 57.8 Å². The first kappa shape index (κ1) is 51.2. The lowest BCUT2D eigenvalue weighted by atomic mass is 9.77. The van der Waals surface area contributed by atoms with Crippen LogP contribution in [0.1, 0.15) is 74.7 Å². The lowest BCUT2D eigenvalue weighted by Crippen LogP contribution is -2.59. The molecular weight excluding hydrogens is 867 g/mol. The van der Waals surface area contributed by atoms with Crippen LogP contribution in [0, 0.1) is 17.8 Å². The Morgan fingerprint density at radius 2 is 1.61 bits per heavy atom. The predicted octanol–water partition coefficient (Wildman–Crippen LogP) is 4.55. The van der Waals surface area contributed by atoms with Crippen LogP contribution >= 0.6 is 0 Å². The van der Waals surface area contributed by atoms with Gasteiger partial charge in [-0.1, -0.05) is 80.6 Å². The van der Waals surface area contributed by atoms with Gasteiger partial charge >= 0.3 is 18.2 Å². The molecule has 0 unspecified atom stereocenters. The number of carbonyl (C=O) groups excluding carboxylic acids is 4. The molecule has 0 bridgehead atoms. The van der Waals surface area contributed by atoms with Gasteiger partial charge in [0.1, 0.15) is 30.6 Å². The van der Waals surface area contributed by atoms with E-state index in [-0.39, 0.29) is 37.5 Å². The summed E-state index contributed by atoms with van der Waals surface area (Å²) in [6.45, 7) is 14.1. The molecule has 19 nitrogen and oxygen atoms in total. The van der Waals surface area contributed by atoms with Crippen LogP contribution in [0.25, 0.3) is 22.4 Å². The summed E-state index contributed by atoms with van der Waals surface area (Å²) in [4.78, 5) is 58.0. The predicted molar refractivity (Wildman–Crippen MR) is 245 cm³/mol. The quantitative estimate of drug-likeness (QED) is 0.131. The normalized spacial score (nSPS) is 34.4. The molecular formula is C48H69N7O12. The van der Waals surface area contributed by atoms with Crippen molar-refractivity contribution in [3.8, 4) is 22.4 Å². The molecule has 4 N–H and O–H groups in total. The monoisotopic (exact) mass is 936 g/mol. The first-order chi connectivity index (χ1) is 31.6. The summed E-state index contributed by atoms with van der Waals surface area (Å²) in [6, 6.07) is 16.9. The lowest BCUT2D eigenvalue weighted by molar-refractivity contribution is -0.299. The molecule has 3 aromatic rings. The molecule has 4 heterocycles. The zero-order valence-corrected chi connectivity index (χ0v) is 40.5. The molecule has 3 aliphatic rings. The molecule has 368 valence electrons. The van der Waals surface area contributed by atoms with Crippen molar-refractivity contribution in [2.45, 2.75) is 147 Å². The van der Waals surface area contributed by atoms with Gasteiger partial charge in [-0.05, 0) is 92.1 Å². The van der Waals surface area contributed by atoms with Crippen LogP contribution in [0.3, 0.4) is 0 Å². The number of hydrogen-bond acceptors (Lipinski definition) is 16. The van der Waals surface area contributed by atoms with E-state index in [0.717, 1.165) is 16.7 Å². The van der Waals surface area contributed by atoms with Crippen molar-refractivity contribution in [1.29, 1.82) is 0 Å². The van der Waals surface area contributed by atoms with E-state index in [1.54, 1.807) is 33.9 Å². The number of rotatable bonds is 9. The van der Waals surface area contributed by atoms with Gasteiger partial charge in [-0.25, -0.2) is 19.7 Å². The number of likely N-dealkylation sites (N-methyl/N-ethyl adjacent to an activating group) is 2. The topological polar surface area (TPSA) is 225 Å². The summed E-state index contributed by atoms with van der Waals surface area (Å²) in [6.07, 6.45) is -6.65. The molecule has 0 radical (unpaired) electrons. The molecule has 2 amide bonds. The number of fused-ring (bicyclic) bond motifs is 1. The SMILES string of the molecule is CC[C@H]1OC(=O)[C@H](C)[C@@H](OC(=O)NNC(=O)Cn2cc(-c3ccc(-c4ccccc4)cc3)nn2)[C@H](C)[C@@H](O[C@@H]2O[C@H](C)C[C@H](N(C)C)[C@H]2O)[C@](C)(O)C[C@@H](C)CN(C)[C@H](C)[C@H]2OC(=O)O[C@@]21C. The van der Waals surface area contributed by atoms with E-state index in [1.807, 2.05) is 106 Å². The summed E-state index contributed by atoms with van der Waals surface area (Å²) >= 11 is 0. The second kappa shape index (κ2) is 21.4. The highest BCUT2D eigenvalue weighted by molar-refractivity contribution is 5.79. The third-order valence-corrected chi connectivity index (χ3v) is 13.6. The summed E-state index contributed by atoms with van der Waals surface area (Å²) < 4.78 is 37.9. The van der Waals surface area contributed by atoms with Crippen molar-refractivity contribution in [2.75, 3.05) is 27.7 Å². The van der Waals surface area contributed by atoms with Gasteiger partial charge in [0.2, 0.25) is 0 Å². The van der Waals surface area contributed by atoms with Crippen molar-refractivity contribution in [1.82, 2.24) is 35.6 Å². The number of nitrogens with zero attached hydrogens (tertiary/aromatic N) is 5. The number of carbonyl (C=O) groups is 4. The number of aromatic nitrogens is 3. The number of aliphatic hydroxyl groups excluding tert-OH is 1. The number of ether oxygens (including phenoxy) is 6. The van der Waals surface area contributed by atoms with E-state index >= 15 is 0 Å². The molecule has 19 heteroatoms. The molecule has 0 aliphatic carbocycles. The average Bonchev–Trinajstić information content (AvgIpc) is 3.88. The maximum absolute atomic E-state index is 14.4. The molecule has 6 rings (SSSR count). The fraction of sp³-hybridized carbons (Fsp3) is 0.625. The Morgan fingerprint density at radius 3 is 2.27 bits per heavy atom. The Hall–Kier alpha value is -5.18. The second-order valence-corrected chi connectivity index (χ2v) is 19.3. The number of nitrogens with one attached hydrogen (secondary N) is 2. The number of hydrazine groups is 1. The van der Waals surface area contributed by atoms with Crippen LogP contribution in [-0.4, -0.2) is 153 Å². The molecule has 67 heavy (non-hydrogen) atoms. The maximum Gasteiger partial charge on any atom is 0.509 e. The van der Waals surface area contributed by atoms with Crippen LogP contribution in [0.2, 0.25) is 0 Å². The Kier molecular flexibility index (Phi) is 16.4. The van der Waals surface area contributed by atoms with E-state index in [4.69, 9.17) is 28.4 Å². The van der Waals surface area contributed by atoms with Crippen LogP contribution in [-0.2, 0) is 44.6 Å². The largest absolute Gasteiger partial charge is 0.509 e. The minimum absolute atomic E-state index is 0.140. The van der Waals surface area contributed by atoms with E-state index in [9.17, 15) is 29.4 Å². The molecule has 2 aromatic carbocycles. The second-order valence-electron chi connectivity index (χ2n) is 19.3. The maximum atomic E-state index is 14.4. The van der Waals surface area contributed by atoms with Gasteiger partial charge < -0.3 is 43.5 Å². The summed E-state index contributed by atoms with van der Waals surface area (Å²) in [5.41, 5.74) is 4.96. The molecule has 1 aromatic heterocycles. The first-order valence-corrected chi connectivity index (χ1v) is 23.1. The molecule has 0 saturated carbocycles. The van der Waals surface area contributed by atoms with Crippen LogP contribution in [0.15, 0.2) is 60.8 Å². The van der Waals surface area contributed by atoms with E-state index in [1.165, 1.54) is 11.6 Å². The number of benzene rings is 2. The number of aliphatic hydroxyl groups is 2. The lowest BCUT2D eigenvalue weighted by Gasteiger charge is -2.47. The van der Waals surface area contributed by atoms with Crippen LogP contribution in [0.5, 0.6) is 0 Å². The highest BCUT2D eigenvalue weighted by atomic mass is 16.8. The van der Waals surface area contributed by atoms with Crippen LogP contribution < -0.4 is 10.9 Å². The Balaban J connectivity index is 1.25. The van der Waals surface area contributed by atoms with Gasteiger partial charge in [0.05, 0.1) is 29.9 Å². The first-order valence-electron chi connectivity index (χ1n) is 23.1. The Morgan fingerprint density at radius 1 is 0.955 bits per heavy atom. The van der Waals surface area contributed by atoms with Gasteiger partial charge in [0, 0.05) is 30.1 Å². The average molecular weight is 936 g/mol. The van der Waals surface area contributed by atoms with Gasteiger partial charge in [0.15, 0.2) is 18.0 Å². The number of esters is 1. The highest BCUT2D eigenvalue weighted by Gasteiger charge is 2.58. The number of cyclic esters (lactones) is 1. The summed E-state index contributed by atoms with van der Waals surface area (Å²) in [7, 11) is 5.57. The van der Waals surface area contributed by atoms with Crippen molar-refractivity contribution in [2.24, 2.45) is 17.8 Å². The van der Waals surface area contributed by atoms with Crippen molar-refractivity contribution in [3.05, 3.63) is 60.8 Å². The van der Waals surface area contributed by atoms with E-state index in [2.05, 4.69) is 21.2 Å². The van der Waals surface area contributed by atoms with Crippen LogP contribution in [0.4, 0.5) is 9.59 Å². The standard InChI is InChI=1S/C48H69N7O12/c1-12-37-48(8)42(66-46(60)67-48)31(6)54(11)24-27(2)23-47(7,61)41(65-44-39(57)36(53(9)10)22-28(3)62-44)29(4)40(30(5)43(58)63-37)64-45(59)51-50-38(56)26-55-25-35(49-52-55)34-20-18-33(19-21-34)32-16-14-13-15-17-32/h13-21,25,27-31,36-37,39-42,44,57,61H,12,22-24,26H2,1-11H3,(H,50,56)(H,51,59)/t27-,28-,29+,30-,31-,36+,37-,39-,40+,41-,42-,44+,47-,48-/m1/s1. The zero-order valence-electron chi connectivity index (χ0n) is 40.5.